The topological polar surface area (TPSA) is 35.2 Å². The van der Waals surface area contributed by atoms with Crippen LogP contribution in [0.3, 0.4) is 0 Å². The molecule has 17 heavy (non-hydrogen) atoms. The fourth-order valence-electron chi connectivity index (χ4n) is 1.71. The molecule has 0 aliphatic heterocycles. The molecule has 0 radical (unpaired) electrons. The van der Waals surface area contributed by atoms with E-state index in [4.69, 9.17) is 10.5 Å². The first-order valence-electron chi connectivity index (χ1n) is 5.82. The van der Waals surface area contributed by atoms with Crippen molar-refractivity contribution in [3.05, 3.63) is 53.6 Å². The van der Waals surface area contributed by atoms with Gasteiger partial charge >= 0.3 is 0 Å². The summed E-state index contributed by atoms with van der Waals surface area (Å²) in [5, 5.41) is 0. The van der Waals surface area contributed by atoms with E-state index in [2.05, 4.69) is 26.0 Å². The predicted molar refractivity (Wildman–Crippen MR) is 71.5 cm³/mol. The number of hydrogen-bond acceptors (Lipinski definition) is 2. The lowest BCUT2D eigenvalue weighted by Crippen LogP contribution is -1.90. The molecular weight excluding hydrogens is 210 g/mol. The van der Waals surface area contributed by atoms with E-state index in [-0.39, 0.29) is 0 Å². The first-order valence-corrected chi connectivity index (χ1v) is 5.82. The lowest BCUT2D eigenvalue weighted by atomic mass is 10.1. The SMILES string of the molecule is CCc1ccc(Oc2ccc(N)cc2)c(C)c1. The second-order valence-corrected chi connectivity index (χ2v) is 4.12. The Labute approximate surface area is 102 Å². The number of hydrogen-bond donors (Lipinski definition) is 1. The van der Waals surface area contributed by atoms with E-state index in [9.17, 15) is 0 Å². The lowest BCUT2D eigenvalue weighted by molar-refractivity contribution is 0.479. The molecule has 2 rings (SSSR count). The number of rotatable bonds is 3. The number of nitrogens with two attached hydrogens (primary N) is 1. The Balaban J connectivity index is 2.21. The molecule has 0 aromatic heterocycles. The summed E-state index contributed by atoms with van der Waals surface area (Å²) in [6.45, 7) is 4.21. The molecule has 0 saturated carbocycles. The zero-order valence-corrected chi connectivity index (χ0v) is 10.2. The first-order chi connectivity index (χ1) is 8.19. The number of anilines is 1. The number of aryl methyl sites for hydroxylation is 2. The average Bonchev–Trinajstić information content (AvgIpc) is 2.34. The molecule has 0 heterocycles. The van der Waals surface area contributed by atoms with Crippen molar-refractivity contribution < 1.29 is 4.74 Å². The minimum Gasteiger partial charge on any atom is -0.457 e. The van der Waals surface area contributed by atoms with Crippen LogP contribution in [0.25, 0.3) is 0 Å². The van der Waals surface area contributed by atoms with Gasteiger partial charge in [0.1, 0.15) is 11.5 Å². The van der Waals surface area contributed by atoms with Crippen molar-refractivity contribution >= 4 is 5.69 Å². The van der Waals surface area contributed by atoms with Crippen molar-refractivity contribution in [2.75, 3.05) is 5.73 Å². The maximum Gasteiger partial charge on any atom is 0.130 e. The zero-order valence-electron chi connectivity index (χ0n) is 10.2. The molecule has 2 heteroatoms. The standard InChI is InChI=1S/C15H17NO/c1-3-12-4-9-15(11(2)10-12)17-14-7-5-13(16)6-8-14/h4-10H,3,16H2,1-2H3. The van der Waals surface area contributed by atoms with Crippen LogP contribution in [0.4, 0.5) is 5.69 Å². The maximum atomic E-state index is 5.81. The fraction of sp³-hybridized carbons (Fsp3) is 0.200. The second-order valence-electron chi connectivity index (χ2n) is 4.12. The van der Waals surface area contributed by atoms with Crippen molar-refractivity contribution in [3.8, 4) is 11.5 Å². The van der Waals surface area contributed by atoms with E-state index in [1.807, 2.05) is 30.3 Å². The molecule has 0 spiro atoms. The van der Waals surface area contributed by atoms with Gasteiger partial charge in [-0.25, -0.2) is 0 Å². The van der Waals surface area contributed by atoms with Crippen LogP contribution in [-0.4, -0.2) is 0 Å². The Morgan fingerprint density at radius 3 is 2.35 bits per heavy atom. The van der Waals surface area contributed by atoms with Gasteiger partial charge < -0.3 is 10.5 Å². The van der Waals surface area contributed by atoms with Crippen LogP contribution in [0.5, 0.6) is 11.5 Å². The third-order valence-corrected chi connectivity index (χ3v) is 2.76. The van der Waals surface area contributed by atoms with Crippen LogP contribution in [0.2, 0.25) is 0 Å². The molecule has 2 aromatic rings. The molecule has 2 aromatic carbocycles. The van der Waals surface area contributed by atoms with Gasteiger partial charge in [0, 0.05) is 5.69 Å². The Morgan fingerprint density at radius 2 is 1.76 bits per heavy atom. The van der Waals surface area contributed by atoms with Crippen LogP contribution < -0.4 is 10.5 Å². The maximum absolute atomic E-state index is 5.81. The Kier molecular flexibility index (Phi) is 3.33. The van der Waals surface area contributed by atoms with E-state index < -0.39 is 0 Å². The summed E-state index contributed by atoms with van der Waals surface area (Å²) in [6, 6.07) is 13.7. The highest BCUT2D eigenvalue weighted by molar-refractivity contribution is 5.44. The Morgan fingerprint density at radius 1 is 1.06 bits per heavy atom. The monoisotopic (exact) mass is 227 g/mol. The summed E-state index contributed by atoms with van der Waals surface area (Å²) in [7, 11) is 0. The van der Waals surface area contributed by atoms with E-state index in [1.165, 1.54) is 5.56 Å². The average molecular weight is 227 g/mol. The van der Waals surface area contributed by atoms with Gasteiger partial charge in [-0.1, -0.05) is 19.1 Å². The first kappa shape index (κ1) is 11.5. The molecule has 2 N–H and O–H groups in total. The molecule has 0 bridgehead atoms. The molecular formula is C15H17NO. The van der Waals surface area contributed by atoms with E-state index >= 15 is 0 Å². The smallest absolute Gasteiger partial charge is 0.130 e. The van der Waals surface area contributed by atoms with Crippen LogP contribution >= 0.6 is 0 Å². The van der Waals surface area contributed by atoms with Gasteiger partial charge in [-0.05, 0) is 54.8 Å². The molecule has 0 unspecified atom stereocenters. The third kappa shape index (κ3) is 2.78. The highest BCUT2D eigenvalue weighted by Gasteiger charge is 2.02. The van der Waals surface area contributed by atoms with Gasteiger partial charge in [-0.2, -0.15) is 0 Å². The zero-order chi connectivity index (χ0) is 12.3. The minimum absolute atomic E-state index is 0.746. The molecule has 0 aliphatic carbocycles. The van der Waals surface area contributed by atoms with E-state index in [0.29, 0.717) is 0 Å². The van der Waals surface area contributed by atoms with Crippen molar-refractivity contribution in [1.29, 1.82) is 0 Å². The third-order valence-electron chi connectivity index (χ3n) is 2.76. The van der Waals surface area contributed by atoms with E-state index in [1.54, 1.807) is 0 Å². The van der Waals surface area contributed by atoms with Crippen LogP contribution in [0.15, 0.2) is 42.5 Å². The normalized spacial score (nSPS) is 10.2. The van der Waals surface area contributed by atoms with Gasteiger partial charge in [0.15, 0.2) is 0 Å². The van der Waals surface area contributed by atoms with Crippen LogP contribution in [0, 0.1) is 6.92 Å². The van der Waals surface area contributed by atoms with Crippen molar-refractivity contribution in [1.82, 2.24) is 0 Å². The van der Waals surface area contributed by atoms with Crippen LogP contribution in [-0.2, 0) is 6.42 Å². The van der Waals surface area contributed by atoms with Gasteiger partial charge in [0.05, 0.1) is 0 Å². The molecule has 0 atom stereocenters. The summed E-state index contributed by atoms with van der Waals surface area (Å²) in [5.74, 6) is 1.71. The summed E-state index contributed by atoms with van der Waals surface area (Å²) in [4.78, 5) is 0. The summed E-state index contributed by atoms with van der Waals surface area (Å²) >= 11 is 0. The van der Waals surface area contributed by atoms with Gasteiger partial charge in [0.2, 0.25) is 0 Å². The summed E-state index contributed by atoms with van der Waals surface area (Å²) < 4.78 is 5.81. The largest absolute Gasteiger partial charge is 0.457 e. The Hall–Kier alpha value is -1.96. The quantitative estimate of drug-likeness (QED) is 0.806. The fourth-order valence-corrected chi connectivity index (χ4v) is 1.71. The molecule has 0 fully saturated rings. The molecule has 0 saturated heterocycles. The number of ether oxygens (including phenoxy) is 1. The van der Waals surface area contributed by atoms with Crippen LogP contribution in [0.1, 0.15) is 18.1 Å². The van der Waals surface area contributed by atoms with Gasteiger partial charge in [0.25, 0.3) is 0 Å². The predicted octanol–water partition coefficient (Wildman–Crippen LogP) is 3.93. The molecule has 88 valence electrons. The summed E-state index contributed by atoms with van der Waals surface area (Å²) in [5.41, 5.74) is 8.86. The van der Waals surface area contributed by atoms with Crippen molar-refractivity contribution in [3.63, 3.8) is 0 Å². The summed E-state index contributed by atoms with van der Waals surface area (Å²) in [6.07, 6.45) is 1.04. The number of benzene rings is 2. The highest BCUT2D eigenvalue weighted by atomic mass is 16.5. The molecule has 2 nitrogen and oxygen atoms in total. The highest BCUT2D eigenvalue weighted by Crippen LogP contribution is 2.26. The molecule has 0 amide bonds. The van der Waals surface area contributed by atoms with Crippen molar-refractivity contribution in [2.45, 2.75) is 20.3 Å². The second kappa shape index (κ2) is 4.91. The Bertz CT molecular complexity index is 503. The molecule has 0 aliphatic rings. The van der Waals surface area contributed by atoms with E-state index in [0.717, 1.165) is 29.2 Å². The number of nitrogen functional groups attached to an aromatic ring is 1. The lowest BCUT2D eigenvalue weighted by Gasteiger charge is -2.10. The minimum atomic E-state index is 0.746. The van der Waals surface area contributed by atoms with Gasteiger partial charge in [-0.3, -0.25) is 0 Å². The van der Waals surface area contributed by atoms with Crippen molar-refractivity contribution in [2.24, 2.45) is 0 Å². The van der Waals surface area contributed by atoms with Gasteiger partial charge in [-0.15, -0.1) is 0 Å².